The molecule has 1 aliphatic rings. The maximum Gasteiger partial charge on any atom is 0.257 e. The Kier molecular flexibility index (Phi) is 9.49. The molecule has 216 valence electrons. The van der Waals surface area contributed by atoms with Crippen LogP contribution in [0.1, 0.15) is 35.6 Å². The summed E-state index contributed by atoms with van der Waals surface area (Å²) in [5, 5.41) is 16.0. The van der Waals surface area contributed by atoms with Gasteiger partial charge in [-0.3, -0.25) is 4.79 Å². The molecule has 1 amide bonds. The Morgan fingerprint density at radius 3 is 2.42 bits per heavy atom. The van der Waals surface area contributed by atoms with E-state index >= 15 is 0 Å². The first kappa shape index (κ1) is 29.1. The fourth-order valence-electron chi connectivity index (χ4n) is 4.84. The van der Waals surface area contributed by atoms with Gasteiger partial charge < -0.3 is 19.9 Å². The van der Waals surface area contributed by atoms with Crippen LogP contribution in [0.5, 0.6) is 5.75 Å². The molecule has 4 aromatic rings. The Bertz CT molecular complexity index is 1630. The van der Waals surface area contributed by atoms with Gasteiger partial charge in [-0.15, -0.1) is 0 Å². The van der Waals surface area contributed by atoms with Crippen LogP contribution in [-0.2, 0) is 9.53 Å². The summed E-state index contributed by atoms with van der Waals surface area (Å²) in [4.78, 5) is 22.3. The van der Waals surface area contributed by atoms with E-state index < -0.39 is 11.6 Å². The number of hydrogen-bond donors (Lipinski definition) is 2. The third-order valence-electron chi connectivity index (χ3n) is 6.97. The van der Waals surface area contributed by atoms with E-state index in [9.17, 15) is 10.3 Å². The molecule has 2 atom stereocenters. The summed E-state index contributed by atoms with van der Waals surface area (Å²) >= 11 is 0. The highest BCUT2D eigenvalue weighted by Gasteiger charge is 2.53. The lowest BCUT2D eigenvalue weighted by molar-refractivity contribution is -0.123. The molecule has 43 heavy (non-hydrogen) atoms. The molecule has 0 saturated heterocycles. The lowest BCUT2D eigenvalue weighted by Gasteiger charge is -2.30. The zero-order valence-electron chi connectivity index (χ0n) is 23.4. The maximum absolute atomic E-state index is 14.3. The van der Waals surface area contributed by atoms with Crippen LogP contribution in [0.2, 0.25) is 0 Å². The molecular formula is C34H31N5O4. The van der Waals surface area contributed by atoms with Gasteiger partial charge in [-0.05, 0) is 47.5 Å². The van der Waals surface area contributed by atoms with Crippen molar-refractivity contribution in [2.45, 2.75) is 24.5 Å². The van der Waals surface area contributed by atoms with Crippen LogP contribution in [0.15, 0.2) is 125 Å². The first-order valence-electron chi connectivity index (χ1n) is 14.0. The van der Waals surface area contributed by atoms with Crippen molar-refractivity contribution in [3.63, 3.8) is 0 Å². The van der Waals surface area contributed by atoms with Gasteiger partial charge in [0, 0.05) is 46.9 Å². The zero-order valence-corrected chi connectivity index (χ0v) is 23.4. The summed E-state index contributed by atoms with van der Waals surface area (Å²) < 4.78 is 12.2. The Labute approximate surface area is 249 Å². The van der Waals surface area contributed by atoms with Crippen molar-refractivity contribution in [1.29, 1.82) is 0 Å². The van der Waals surface area contributed by atoms with E-state index in [1.165, 1.54) is 0 Å². The van der Waals surface area contributed by atoms with Crippen molar-refractivity contribution in [2.75, 3.05) is 18.5 Å². The van der Waals surface area contributed by atoms with E-state index in [2.05, 4.69) is 15.3 Å². The molecule has 0 bridgehead atoms. The Morgan fingerprint density at radius 1 is 1.00 bits per heavy atom. The van der Waals surface area contributed by atoms with E-state index in [1.807, 2.05) is 91.0 Å². The number of nitrogens with zero attached hydrogens (tertiary/aromatic N) is 4. The van der Waals surface area contributed by atoms with E-state index in [4.69, 9.17) is 19.6 Å². The molecule has 0 unspecified atom stereocenters. The number of aliphatic hydroxyl groups is 1. The van der Waals surface area contributed by atoms with Crippen molar-refractivity contribution in [3.05, 3.63) is 142 Å². The van der Waals surface area contributed by atoms with E-state index in [0.717, 1.165) is 5.56 Å². The number of azide groups is 1. The van der Waals surface area contributed by atoms with Crippen LogP contribution in [0.3, 0.4) is 0 Å². The summed E-state index contributed by atoms with van der Waals surface area (Å²) in [5.41, 5.74) is 11.0. The third-order valence-corrected chi connectivity index (χ3v) is 6.97. The van der Waals surface area contributed by atoms with Crippen LogP contribution in [0.25, 0.3) is 16.5 Å². The Hall–Kier alpha value is -5.37. The minimum Gasteiger partial charge on any atom is -0.494 e. The quantitative estimate of drug-likeness (QED) is 0.0792. The van der Waals surface area contributed by atoms with E-state index in [1.54, 1.807) is 30.3 Å². The molecule has 5 rings (SSSR count). The van der Waals surface area contributed by atoms with Crippen LogP contribution < -0.4 is 10.1 Å². The van der Waals surface area contributed by atoms with Crippen molar-refractivity contribution < 1.29 is 19.4 Å². The highest BCUT2D eigenvalue weighted by atomic mass is 16.5. The predicted molar refractivity (Wildman–Crippen MR) is 167 cm³/mol. The molecule has 0 aromatic heterocycles. The van der Waals surface area contributed by atoms with Gasteiger partial charge in [0.15, 0.2) is 11.6 Å². The van der Waals surface area contributed by atoms with Gasteiger partial charge in [-0.25, -0.2) is 4.99 Å². The van der Waals surface area contributed by atoms with Gasteiger partial charge in [-0.2, -0.15) is 0 Å². The second-order valence-corrected chi connectivity index (χ2v) is 9.87. The zero-order chi connectivity index (χ0) is 29.9. The summed E-state index contributed by atoms with van der Waals surface area (Å²) in [5.74, 6) is 0.551. The number of amides is 1. The first-order valence-corrected chi connectivity index (χ1v) is 14.0. The minimum atomic E-state index is -1.45. The number of para-hydroxylation sites is 1. The summed E-state index contributed by atoms with van der Waals surface area (Å²) in [6.45, 7) is 0.440. The maximum atomic E-state index is 14.3. The van der Waals surface area contributed by atoms with Crippen molar-refractivity contribution in [1.82, 2.24) is 0 Å². The Morgan fingerprint density at radius 2 is 1.70 bits per heavy atom. The minimum absolute atomic E-state index is 0.0489. The monoisotopic (exact) mass is 573 g/mol. The molecule has 0 radical (unpaired) electrons. The van der Waals surface area contributed by atoms with Crippen molar-refractivity contribution >= 4 is 29.3 Å². The largest absolute Gasteiger partial charge is 0.494 e. The van der Waals surface area contributed by atoms with Gasteiger partial charge in [0.25, 0.3) is 5.91 Å². The average Bonchev–Trinajstić information content (AvgIpc) is 3.43. The SMILES string of the molecule is [N-]=[N+]=Nc1ccccc1[C@H]1OC(c2ccc(OCCCO)cc2)=N[C@@]1(C/C=C/c1ccccc1)C(=O)Nc1ccccc1. The molecule has 1 heterocycles. The number of carbonyl (C=O) groups is 1. The van der Waals surface area contributed by atoms with Gasteiger partial charge in [0.05, 0.1) is 6.61 Å². The van der Waals surface area contributed by atoms with Crippen LogP contribution >= 0.6 is 0 Å². The van der Waals surface area contributed by atoms with Gasteiger partial charge in [0.2, 0.25) is 5.90 Å². The van der Waals surface area contributed by atoms with Gasteiger partial charge in [0.1, 0.15) is 5.75 Å². The number of carbonyl (C=O) groups excluding carboxylic acids is 1. The number of hydrogen-bond acceptors (Lipinski definition) is 6. The summed E-state index contributed by atoms with van der Waals surface area (Å²) in [6, 6.07) is 33.2. The lowest BCUT2D eigenvalue weighted by atomic mass is 9.83. The normalized spacial score (nSPS) is 17.5. The molecular weight excluding hydrogens is 542 g/mol. The molecule has 9 heteroatoms. The number of ether oxygens (including phenoxy) is 2. The second-order valence-electron chi connectivity index (χ2n) is 9.87. The highest BCUT2D eigenvalue weighted by Crippen LogP contribution is 2.46. The number of rotatable bonds is 12. The topological polar surface area (TPSA) is 129 Å². The lowest BCUT2D eigenvalue weighted by Crippen LogP contribution is -2.44. The molecule has 2 N–H and O–H groups in total. The summed E-state index contributed by atoms with van der Waals surface area (Å²) in [6.07, 6.45) is 3.67. The molecule has 0 saturated carbocycles. The van der Waals surface area contributed by atoms with Crippen LogP contribution in [0, 0.1) is 0 Å². The predicted octanol–water partition coefficient (Wildman–Crippen LogP) is 7.39. The van der Waals surface area contributed by atoms with Crippen LogP contribution in [0.4, 0.5) is 11.4 Å². The molecule has 9 nitrogen and oxygen atoms in total. The molecule has 1 aliphatic heterocycles. The standard InChI is InChI=1S/C34H31N5O4/c35-39-38-30-17-8-7-16-29(30)31-34(22-9-13-25-11-3-1-4-12-25,33(41)36-27-14-5-2-6-15-27)37-32(43-31)26-18-20-28(21-19-26)42-24-10-23-40/h1-9,11-21,31,40H,10,22-24H2,(H,36,41)/b13-9+/t31-,34-/m1/s1. The fraction of sp³-hybridized carbons (Fsp3) is 0.176. The third kappa shape index (κ3) is 6.93. The number of anilines is 1. The highest BCUT2D eigenvalue weighted by molar-refractivity contribution is 6.05. The summed E-state index contributed by atoms with van der Waals surface area (Å²) in [7, 11) is 0. The average molecular weight is 574 g/mol. The second kappa shape index (κ2) is 14.0. The molecule has 0 fully saturated rings. The van der Waals surface area contributed by atoms with E-state index in [-0.39, 0.29) is 24.8 Å². The Balaban J connectivity index is 1.60. The molecule has 0 spiro atoms. The number of aliphatic imine (C=N–C) groups is 1. The number of aliphatic hydroxyl groups excluding tert-OH is 1. The smallest absolute Gasteiger partial charge is 0.257 e. The fourth-order valence-corrected chi connectivity index (χ4v) is 4.84. The van der Waals surface area contributed by atoms with E-state index in [0.29, 0.717) is 41.3 Å². The number of nitrogens with one attached hydrogen (secondary N) is 1. The first-order chi connectivity index (χ1) is 21.1. The van der Waals surface area contributed by atoms with Gasteiger partial charge in [-0.1, -0.05) is 90.1 Å². The molecule has 4 aromatic carbocycles. The number of benzene rings is 4. The van der Waals surface area contributed by atoms with Crippen molar-refractivity contribution in [2.24, 2.45) is 10.1 Å². The van der Waals surface area contributed by atoms with Crippen LogP contribution in [-0.4, -0.2) is 35.7 Å². The van der Waals surface area contributed by atoms with Gasteiger partial charge >= 0.3 is 0 Å². The molecule has 0 aliphatic carbocycles. The van der Waals surface area contributed by atoms with Crippen molar-refractivity contribution in [3.8, 4) is 5.75 Å².